The second kappa shape index (κ2) is 8.39. The van der Waals surface area contributed by atoms with Crippen molar-refractivity contribution in [1.82, 2.24) is 4.90 Å². The first kappa shape index (κ1) is 17.1. The second-order valence-corrected chi connectivity index (χ2v) is 6.04. The number of likely N-dealkylation sites (tertiary alicyclic amines) is 1. The van der Waals surface area contributed by atoms with Gasteiger partial charge in [0.05, 0.1) is 19.8 Å². The lowest BCUT2D eigenvalue weighted by molar-refractivity contribution is 0.0270. The molecular formula is C18H29NO3. The zero-order chi connectivity index (χ0) is 15.9. The number of rotatable bonds is 7. The Morgan fingerprint density at radius 2 is 2.09 bits per heavy atom. The number of piperidine rings is 1. The van der Waals surface area contributed by atoms with Crippen molar-refractivity contribution in [3.63, 3.8) is 0 Å². The average Bonchev–Trinajstić information content (AvgIpc) is 2.52. The number of ether oxygens (including phenoxy) is 2. The molecule has 4 nitrogen and oxygen atoms in total. The van der Waals surface area contributed by atoms with Gasteiger partial charge in [-0.05, 0) is 50.4 Å². The highest BCUT2D eigenvalue weighted by Crippen LogP contribution is 2.30. The molecule has 1 aromatic carbocycles. The minimum Gasteiger partial charge on any atom is -0.493 e. The summed E-state index contributed by atoms with van der Waals surface area (Å²) in [4.78, 5) is 2.46. The van der Waals surface area contributed by atoms with E-state index in [0.29, 0.717) is 12.5 Å². The molecular weight excluding hydrogens is 278 g/mol. The third-order valence-electron chi connectivity index (χ3n) is 4.34. The SMILES string of the molecule is CCCN1CCC(O)C(Cc2ccc(OCC)c(OC)c2)C1. The van der Waals surface area contributed by atoms with E-state index in [0.717, 1.165) is 44.0 Å². The minimum absolute atomic E-state index is 0.203. The lowest BCUT2D eigenvalue weighted by Gasteiger charge is -2.36. The van der Waals surface area contributed by atoms with Gasteiger partial charge in [0, 0.05) is 19.0 Å². The minimum atomic E-state index is -0.203. The van der Waals surface area contributed by atoms with E-state index < -0.39 is 0 Å². The van der Waals surface area contributed by atoms with Gasteiger partial charge < -0.3 is 19.5 Å². The maximum atomic E-state index is 10.3. The third-order valence-corrected chi connectivity index (χ3v) is 4.34. The van der Waals surface area contributed by atoms with Crippen molar-refractivity contribution < 1.29 is 14.6 Å². The van der Waals surface area contributed by atoms with Crippen molar-refractivity contribution in [1.29, 1.82) is 0 Å². The van der Waals surface area contributed by atoms with E-state index in [-0.39, 0.29) is 6.10 Å². The van der Waals surface area contributed by atoms with Gasteiger partial charge in [-0.1, -0.05) is 13.0 Å². The number of hydrogen-bond acceptors (Lipinski definition) is 4. The van der Waals surface area contributed by atoms with Crippen LogP contribution in [0.4, 0.5) is 0 Å². The highest BCUT2D eigenvalue weighted by Gasteiger charge is 2.27. The molecule has 0 radical (unpaired) electrons. The first-order valence-electron chi connectivity index (χ1n) is 8.38. The number of hydrogen-bond donors (Lipinski definition) is 1. The Kier molecular flexibility index (Phi) is 6.52. The summed E-state index contributed by atoms with van der Waals surface area (Å²) >= 11 is 0. The zero-order valence-corrected chi connectivity index (χ0v) is 14.0. The molecule has 1 saturated heterocycles. The van der Waals surface area contributed by atoms with Gasteiger partial charge in [-0.2, -0.15) is 0 Å². The largest absolute Gasteiger partial charge is 0.493 e. The Bertz CT molecular complexity index is 464. The molecule has 0 aromatic heterocycles. The van der Waals surface area contributed by atoms with Gasteiger partial charge >= 0.3 is 0 Å². The van der Waals surface area contributed by atoms with E-state index >= 15 is 0 Å². The van der Waals surface area contributed by atoms with Crippen molar-refractivity contribution >= 4 is 0 Å². The fraction of sp³-hybridized carbons (Fsp3) is 0.667. The van der Waals surface area contributed by atoms with Crippen LogP contribution >= 0.6 is 0 Å². The Hall–Kier alpha value is -1.26. The van der Waals surface area contributed by atoms with E-state index in [1.807, 2.05) is 19.1 Å². The summed E-state index contributed by atoms with van der Waals surface area (Å²) in [6, 6.07) is 6.09. The molecule has 2 atom stereocenters. The van der Waals surface area contributed by atoms with Crippen LogP contribution in [0, 0.1) is 5.92 Å². The molecule has 22 heavy (non-hydrogen) atoms. The van der Waals surface area contributed by atoms with Crippen LogP contribution in [0.1, 0.15) is 32.3 Å². The molecule has 1 N–H and O–H groups in total. The van der Waals surface area contributed by atoms with Gasteiger partial charge in [0.2, 0.25) is 0 Å². The normalized spacial score (nSPS) is 22.5. The van der Waals surface area contributed by atoms with Gasteiger partial charge in [-0.25, -0.2) is 0 Å². The van der Waals surface area contributed by atoms with Crippen LogP contribution in [0.25, 0.3) is 0 Å². The monoisotopic (exact) mass is 307 g/mol. The van der Waals surface area contributed by atoms with Crippen LogP contribution < -0.4 is 9.47 Å². The summed E-state index contributed by atoms with van der Waals surface area (Å²) in [6.45, 7) is 7.91. The van der Waals surface area contributed by atoms with Crippen molar-refractivity contribution in [3.8, 4) is 11.5 Å². The van der Waals surface area contributed by atoms with Crippen LogP contribution in [0.15, 0.2) is 18.2 Å². The van der Waals surface area contributed by atoms with Crippen LogP contribution in [-0.4, -0.2) is 49.5 Å². The molecule has 1 heterocycles. The Morgan fingerprint density at radius 1 is 1.27 bits per heavy atom. The maximum Gasteiger partial charge on any atom is 0.161 e. The topological polar surface area (TPSA) is 41.9 Å². The van der Waals surface area contributed by atoms with Gasteiger partial charge in [0.1, 0.15) is 0 Å². The summed E-state index contributed by atoms with van der Waals surface area (Å²) in [5.74, 6) is 1.85. The zero-order valence-electron chi connectivity index (χ0n) is 14.0. The van der Waals surface area contributed by atoms with Crippen LogP contribution in [0.5, 0.6) is 11.5 Å². The van der Waals surface area contributed by atoms with Crippen LogP contribution in [0.2, 0.25) is 0 Å². The van der Waals surface area contributed by atoms with Gasteiger partial charge in [0.25, 0.3) is 0 Å². The van der Waals surface area contributed by atoms with E-state index in [9.17, 15) is 5.11 Å². The van der Waals surface area contributed by atoms with E-state index in [1.54, 1.807) is 7.11 Å². The first-order chi connectivity index (χ1) is 10.7. The lowest BCUT2D eigenvalue weighted by Crippen LogP contribution is -2.44. The summed E-state index contributed by atoms with van der Waals surface area (Å²) < 4.78 is 11.0. The van der Waals surface area contributed by atoms with Gasteiger partial charge in [0.15, 0.2) is 11.5 Å². The van der Waals surface area contributed by atoms with Gasteiger partial charge in [-0.15, -0.1) is 0 Å². The van der Waals surface area contributed by atoms with E-state index in [4.69, 9.17) is 9.47 Å². The Labute approximate surface area is 134 Å². The molecule has 0 spiro atoms. The van der Waals surface area contributed by atoms with Crippen molar-refractivity contribution in [3.05, 3.63) is 23.8 Å². The predicted molar refractivity (Wildman–Crippen MR) is 88.7 cm³/mol. The molecule has 1 aromatic rings. The fourth-order valence-electron chi connectivity index (χ4n) is 3.23. The molecule has 124 valence electrons. The van der Waals surface area contributed by atoms with Crippen LogP contribution in [-0.2, 0) is 6.42 Å². The molecule has 1 fully saturated rings. The average molecular weight is 307 g/mol. The Balaban J connectivity index is 2.05. The number of aliphatic hydroxyl groups excluding tert-OH is 1. The molecule has 2 rings (SSSR count). The quantitative estimate of drug-likeness (QED) is 0.841. The number of nitrogens with zero attached hydrogens (tertiary/aromatic N) is 1. The summed E-state index contributed by atoms with van der Waals surface area (Å²) in [5, 5.41) is 10.3. The highest BCUT2D eigenvalue weighted by atomic mass is 16.5. The summed E-state index contributed by atoms with van der Waals surface area (Å²) in [5.41, 5.74) is 1.20. The molecule has 0 bridgehead atoms. The first-order valence-corrected chi connectivity index (χ1v) is 8.38. The predicted octanol–water partition coefficient (Wildman–Crippen LogP) is 2.73. The van der Waals surface area contributed by atoms with Crippen molar-refractivity contribution in [2.45, 2.75) is 39.2 Å². The standard InChI is InChI=1S/C18H29NO3/c1-4-9-19-10-8-16(20)15(13-19)11-14-6-7-17(22-5-2)18(12-14)21-3/h6-7,12,15-16,20H,4-5,8-11,13H2,1-3H3. The number of aliphatic hydroxyl groups is 1. The lowest BCUT2D eigenvalue weighted by atomic mass is 9.88. The van der Waals surface area contributed by atoms with Crippen molar-refractivity contribution in [2.75, 3.05) is 33.4 Å². The smallest absolute Gasteiger partial charge is 0.161 e. The molecule has 4 heteroatoms. The molecule has 1 aliphatic heterocycles. The maximum absolute atomic E-state index is 10.3. The highest BCUT2D eigenvalue weighted by molar-refractivity contribution is 5.43. The number of methoxy groups -OCH3 is 1. The number of benzene rings is 1. The van der Waals surface area contributed by atoms with Gasteiger partial charge in [-0.3, -0.25) is 0 Å². The third kappa shape index (κ3) is 4.37. The molecule has 0 amide bonds. The van der Waals surface area contributed by atoms with E-state index in [2.05, 4.69) is 17.9 Å². The molecule has 2 unspecified atom stereocenters. The van der Waals surface area contributed by atoms with Crippen molar-refractivity contribution in [2.24, 2.45) is 5.92 Å². The fourth-order valence-corrected chi connectivity index (χ4v) is 3.23. The molecule has 0 aliphatic carbocycles. The summed E-state index contributed by atoms with van der Waals surface area (Å²) in [7, 11) is 1.67. The molecule has 0 saturated carbocycles. The van der Waals surface area contributed by atoms with E-state index in [1.165, 1.54) is 12.0 Å². The molecule has 1 aliphatic rings. The second-order valence-electron chi connectivity index (χ2n) is 6.04. The van der Waals surface area contributed by atoms with Crippen LogP contribution in [0.3, 0.4) is 0 Å². The Morgan fingerprint density at radius 3 is 2.77 bits per heavy atom. The summed E-state index contributed by atoms with van der Waals surface area (Å²) in [6.07, 6.45) is 2.72.